The Morgan fingerprint density at radius 2 is 1.62 bits per heavy atom. The van der Waals surface area contributed by atoms with E-state index >= 15 is 0 Å². The number of hydrogen-bond acceptors (Lipinski definition) is 5. The third kappa shape index (κ3) is 3.56. The van der Waals surface area contributed by atoms with Crippen molar-refractivity contribution >= 4 is 39.3 Å². The van der Waals surface area contributed by atoms with Gasteiger partial charge in [-0.3, -0.25) is 19.3 Å². The summed E-state index contributed by atoms with van der Waals surface area (Å²) in [7, 11) is 1.74. The predicted molar refractivity (Wildman–Crippen MR) is 123 cm³/mol. The van der Waals surface area contributed by atoms with Gasteiger partial charge >= 0.3 is 0 Å². The number of nitrogens with zero attached hydrogens (tertiary/aromatic N) is 3. The number of aromatic nitrogens is 1. The standard InChI is InChI=1S/C25H19N3O3S/c1-27(15-22-26-20-11-4-5-12-21(20)32-22)23(29)17-8-6-7-16(13-17)14-28-24(30)18-9-2-3-10-19(18)25(28)31/h2-13H,14-15H2,1H3. The van der Waals surface area contributed by atoms with E-state index in [1.807, 2.05) is 30.3 Å². The maximum absolute atomic E-state index is 13.0. The molecule has 0 atom stereocenters. The minimum Gasteiger partial charge on any atom is -0.335 e. The number of imide groups is 1. The number of hydrogen-bond donors (Lipinski definition) is 0. The highest BCUT2D eigenvalue weighted by molar-refractivity contribution is 7.18. The monoisotopic (exact) mass is 441 g/mol. The SMILES string of the molecule is CN(Cc1nc2ccccc2s1)C(=O)c1cccc(CN2C(=O)c3ccccc3C2=O)c1. The van der Waals surface area contributed by atoms with Gasteiger partial charge in [0, 0.05) is 12.6 Å². The number of carbonyl (C=O) groups excluding carboxylic acids is 3. The molecular weight excluding hydrogens is 422 g/mol. The molecule has 158 valence electrons. The summed E-state index contributed by atoms with van der Waals surface area (Å²) in [6.07, 6.45) is 0. The van der Waals surface area contributed by atoms with Gasteiger partial charge in [0.2, 0.25) is 0 Å². The largest absolute Gasteiger partial charge is 0.335 e. The first-order valence-electron chi connectivity index (χ1n) is 10.2. The fourth-order valence-electron chi connectivity index (χ4n) is 3.85. The van der Waals surface area contributed by atoms with Crippen LogP contribution in [0.1, 0.15) is 41.6 Å². The van der Waals surface area contributed by atoms with Crippen molar-refractivity contribution in [2.45, 2.75) is 13.1 Å². The molecule has 0 N–H and O–H groups in total. The van der Waals surface area contributed by atoms with Crippen LogP contribution in [0.3, 0.4) is 0 Å². The lowest BCUT2D eigenvalue weighted by Crippen LogP contribution is -2.29. The van der Waals surface area contributed by atoms with Crippen LogP contribution >= 0.6 is 11.3 Å². The normalized spacial score (nSPS) is 13.0. The molecule has 1 aliphatic rings. The zero-order chi connectivity index (χ0) is 22.2. The Balaban J connectivity index is 1.32. The first-order valence-corrected chi connectivity index (χ1v) is 11.0. The van der Waals surface area contributed by atoms with Crippen molar-refractivity contribution in [3.63, 3.8) is 0 Å². The molecular formula is C25H19N3O3S. The topological polar surface area (TPSA) is 70.6 Å². The van der Waals surface area contributed by atoms with E-state index in [9.17, 15) is 14.4 Å². The van der Waals surface area contributed by atoms with Gasteiger partial charge < -0.3 is 4.90 Å². The number of amides is 3. The van der Waals surface area contributed by atoms with E-state index in [1.165, 1.54) is 4.90 Å². The molecule has 0 spiro atoms. The fraction of sp³-hybridized carbons (Fsp3) is 0.120. The predicted octanol–water partition coefficient (Wildman–Crippen LogP) is 4.36. The van der Waals surface area contributed by atoms with Gasteiger partial charge in [0.05, 0.1) is 34.4 Å². The summed E-state index contributed by atoms with van der Waals surface area (Å²) in [4.78, 5) is 45.7. The van der Waals surface area contributed by atoms with E-state index in [0.717, 1.165) is 20.8 Å². The van der Waals surface area contributed by atoms with Crippen LogP contribution in [0.25, 0.3) is 10.2 Å². The Kier molecular flexibility index (Phi) is 5.03. The van der Waals surface area contributed by atoms with Gasteiger partial charge in [-0.2, -0.15) is 0 Å². The van der Waals surface area contributed by atoms with Crippen LogP contribution in [0.2, 0.25) is 0 Å². The fourth-order valence-corrected chi connectivity index (χ4v) is 4.87. The van der Waals surface area contributed by atoms with Gasteiger partial charge in [0.25, 0.3) is 17.7 Å². The Morgan fingerprint density at radius 3 is 2.34 bits per heavy atom. The summed E-state index contributed by atoms with van der Waals surface area (Å²) in [5.41, 5.74) is 2.98. The third-order valence-electron chi connectivity index (χ3n) is 5.45. The molecule has 3 aromatic carbocycles. The summed E-state index contributed by atoms with van der Waals surface area (Å²) in [5.74, 6) is -0.765. The van der Waals surface area contributed by atoms with E-state index in [4.69, 9.17) is 0 Å². The van der Waals surface area contributed by atoms with Crippen molar-refractivity contribution in [3.05, 3.63) is 100 Å². The van der Waals surface area contributed by atoms with Gasteiger partial charge in [0.1, 0.15) is 5.01 Å². The second-order valence-corrected chi connectivity index (χ2v) is 8.79. The Hall–Kier alpha value is -3.84. The Bertz CT molecular complexity index is 1310. The molecule has 0 radical (unpaired) electrons. The van der Waals surface area contributed by atoms with Crippen LogP contribution in [0.15, 0.2) is 72.8 Å². The first-order chi connectivity index (χ1) is 15.5. The summed E-state index contributed by atoms with van der Waals surface area (Å²) >= 11 is 1.57. The van der Waals surface area contributed by atoms with E-state index in [1.54, 1.807) is 65.7 Å². The van der Waals surface area contributed by atoms with Crippen LogP contribution in [-0.4, -0.2) is 39.6 Å². The second kappa shape index (κ2) is 8.01. The molecule has 0 fully saturated rings. The molecule has 3 amide bonds. The Morgan fingerprint density at radius 1 is 0.938 bits per heavy atom. The average Bonchev–Trinajstić information content (AvgIpc) is 3.33. The van der Waals surface area contributed by atoms with Crippen molar-refractivity contribution in [1.82, 2.24) is 14.8 Å². The zero-order valence-corrected chi connectivity index (χ0v) is 18.1. The first kappa shape index (κ1) is 20.1. The van der Waals surface area contributed by atoms with Crippen LogP contribution in [0.4, 0.5) is 0 Å². The van der Waals surface area contributed by atoms with Crippen molar-refractivity contribution in [2.24, 2.45) is 0 Å². The van der Waals surface area contributed by atoms with Crippen LogP contribution in [0.5, 0.6) is 0 Å². The molecule has 6 nitrogen and oxygen atoms in total. The summed E-state index contributed by atoms with van der Waals surface area (Å²) in [6, 6.07) is 21.8. The molecule has 32 heavy (non-hydrogen) atoms. The van der Waals surface area contributed by atoms with E-state index in [-0.39, 0.29) is 24.3 Å². The van der Waals surface area contributed by atoms with Crippen molar-refractivity contribution in [2.75, 3.05) is 7.05 Å². The van der Waals surface area contributed by atoms with Gasteiger partial charge in [-0.1, -0.05) is 36.4 Å². The molecule has 4 aromatic rings. The number of benzene rings is 3. The zero-order valence-electron chi connectivity index (χ0n) is 17.3. The van der Waals surface area contributed by atoms with Gasteiger partial charge in [-0.05, 0) is 42.0 Å². The van der Waals surface area contributed by atoms with Gasteiger partial charge in [0.15, 0.2) is 0 Å². The molecule has 0 bridgehead atoms. The molecule has 2 heterocycles. The molecule has 0 saturated heterocycles. The summed E-state index contributed by atoms with van der Waals surface area (Å²) in [6.45, 7) is 0.524. The lowest BCUT2D eigenvalue weighted by molar-refractivity contribution is 0.0642. The molecule has 1 aliphatic heterocycles. The lowest BCUT2D eigenvalue weighted by atomic mass is 10.1. The van der Waals surface area contributed by atoms with E-state index in [2.05, 4.69) is 4.98 Å². The van der Waals surface area contributed by atoms with Crippen molar-refractivity contribution in [1.29, 1.82) is 0 Å². The number of rotatable bonds is 5. The summed E-state index contributed by atoms with van der Waals surface area (Å²) in [5, 5.41) is 0.865. The van der Waals surface area contributed by atoms with E-state index < -0.39 is 0 Å². The molecule has 7 heteroatoms. The van der Waals surface area contributed by atoms with Crippen LogP contribution in [-0.2, 0) is 13.1 Å². The van der Waals surface area contributed by atoms with Crippen LogP contribution in [0, 0.1) is 0 Å². The highest BCUT2D eigenvalue weighted by Gasteiger charge is 2.35. The maximum Gasteiger partial charge on any atom is 0.261 e. The number of fused-ring (bicyclic) bond motifs is 2. The number of para-hydroxylation sites is 1. The molecule has 0 aliphatic carbocycles. The van der Waals surface area contributed by atoms with Gasteiger partial charge in [-0.25, -0.2) is 4.98 Å². The van der Waals surface area contributed by atoms with Crippen molar-refractivity contribution in [3.8, 4) is 0 Å². The molecule has 5 rings (SSSR count). The lowest BCUT2D eigenvalue weighted by Gasteiger charge is -2.17. The highest BCUT2D eigenvalue weighted by Crippen LogP contribution is 2.25. The quantitative estimate of drug-likeness (QED) is 0.432. The average molecular weight is 442 g/mol. The molecule has 1 aromatic heterocycles. The van der Waals surface area contributed by atoms with E-state index in [0.29, 0.717) is 23.2 Å². The second-order valence-electron chi connectivity index (χ2n) is 7.68. The summed E-state index contributed by atoms with van der Waals surface area (Å²) < 4.78 is 1.09. The third-order valence-corrected chi connectivity index (χ3v) is 6.47. The van der Waals surface area contributed by atoms with Crippen molar-refractivity contribution < 1.29 is 14.4 Å². The highest BCUT2D eigenvalue weighted by atomic mass is 32.1. The van der Waals surface area contributed by atoms with Crippen LogP contribution < -0.4 is 0 Å². The minimum atomic E-state index is -0.310. The number of carbonyl (C=O) groups is 3. The van der Waals surface area contributed by atoms with Gasteiger partial charge in [-0.15, -0.1) is 11.3 Å². The number of thiazole rings is 1. The maximum atomic E-state index is 13.0. The Labute approximate surface area is 188 Å². The molecule has 0 unspecified atom stereocenters. The molecule has 0 saturated carbocycles. The smallest absolute Gasteiger partial charge is 0.261 e. The minimum absolute atomic E-state index is 0.120.